The topological polar surface area (TPSA) is 80.8 Å². The molecule has 0 radical (unpaired) electrons. The number of amides is 1. The molecule has 7 nitrogen and oxygen atoms in total. The van der Waals surface area contributed by atoms with Gasteiger partial charge < -0.3 is 9.15 Å². The largest absolute Gasteiger partial charge is 0.467 e. The average Bonchev–Trinajstić information content (AvgIpc) is 3.52. The molecule has 30 heavy (non-hydrogen) atoms. The van der Waals surface area contributed by atoms with Gasteiger partial charge in [0.15, 0.2) is 6.61 Å². The minimum atomic E-state index is -0.339. The van der Waals surface area contributed by atoms with Crippen LogP contribution in [0.5, 0.6) is 5.88 Å². The summed E-state index contributed by atoms with van der Waals surface area (Å²) in [6, 6.07) is 12.5. The summed E-state index contributed by atoms with van der Waals surface area (Å²) in [7, 11) is 0. The Balaban J connectivity index is 1.39. The molecule has 0 aliphatic carbocycles. The Morgan fingerprint density at radius 3 is 2.90 bits per heavy atom. The normalized spacial score (nSPS) is 16.1. The van der Waals surface area contributed by atoms with Crippen LogP contribution in [0.4, 0.5) is 0 Å². The van der Waals surface area contributed by atoms with Gasteiger partial charge >= 0.3 is 0 Å². The molecule has 0 saturated heterocycles. The van der Waals surface area contributed by atoms with Gasteiger partial charge in [0.1, 0.15) is 23.0 Å². The van der Waals surface area contributed by atoms with E-state index in [0.29, 0.717) is 23.1 Å². The van der Waals surface area contributed by atoms with E-state index >= 15 is 0 Å². The van der Waals surface area contributed by atoms with Crippen molar-refractivity contribution in [2.45, 2.75) is 12.5 Å². The van der Waals surface area contributed by atoms with Gasteiger partial charge in [-0.15, -0.1) is 11.3 Å². The number of ether oxygens (including phenoxy) is 1. The number of halogens is 1. The van der Waals surface area contributed by atoms with E-state index < -0.39 is 0 Å². The molecule has 9 heteroatoms. The van der Waals surface area contributed by atoms with E-state index in [2.05, 4.69) is 15.1 Å². The van der Waals surface area contributed by atoms with E-state index in [1.54, 1.807) is 24.5 Å². The summed E-state index contributed by atoms with van der Waals surface area (Å²) in [5.74, 6) is 0.755. The molecule has 1 amide bonds. The number of nitrogens with zero attached hydrogens (tertiary/aromatic N) is 4. The third-order valence-corrected chi connectivity index (χ3v) is 5.85. The first-order valence-electron chi connectivity index (χ1n) is 9.19. The molecule has 0 fully saturated rings. The fraction of sp³-hybridized carbons (Fsp3) is 0.143. The number of furan rings is 1. The van der Waals surface area contributed by atoms with Crippen molar-refractivity contribution in [2.75, 3.05) is 6.61 Å². The summed E-state index contributed by atoms with van der Waals surface area (Å²) in [5.41, 5.74) is 1.69. The highest BCUT2D eigenvalue weighted by molar-refractivity contribution is 7.16. The summed E-state index contributed by atoms with van der Waals surface area (Å²) in [6.07, 6.45) is 3.54. The van der Waals surface area contributed by atoms with E-state index in [1.807, 2.05) is 29.6 Å². The Bertz CT molecular complexity index is 1220. The third kappa shape index (κ3) is 3.55. The van der Waals surface area contributed by atoms with Gasteiger partial charge in [-0.25, -0.2) is 15.0 Å². The van der Waals surface area contributed by atoms with Crippen molar-refractivity contribution in [3.05, 3.63) is 76.8 Å². The molecule has 0 bridgehead atoms. The fourth-order valence-electron chi connectivity index (χ4n) is 3.34. The van der Waals surface area contributed by atoms with Crippen LogP contribution < -0.4 is 4.74 Å². The number of aromatic nitrogens is 2. The Hall–Kier alpha value is -3.23. The van der Waals surface area contributed by atoms with Crippen LogP contribution in [0.15, 0.2) is 70.0 Å². The van der Waals surface area contributed by atoms with Crippen LogP contribution in [0.3, 0.4) is 0 Å². The number of carbonyl (C=O) groups is 1. The van der Waals surface area contributed by atoms with Crippen LogP contribution in [-0.2, 0) is 4.79 Å². The molecule has 0 spiro atoms. The number of hydrogen-bond donors (Lipinski definition) is 0. The summed E-state index contributed by atoms with van der Waals surface area (Å²) in [6.45, 7) is -0.198. The molecule has 1 unspecified atom stereocenters. The molecular formula is C21H15ClN4O3S. The van der Waals surface area contributed by atoms with Gasteiger partial charge in [0.25, 0.3) is 5.91 Å². The molecule has 150 valence electrons. The molecule has 3 aromatic heterocycles. The number of hydrogen-bond acceptors (Lipinski definition) is 7. The molecule has 5 rings (SSSR count). The molecular weight excluding hydrogens is 424 g/mol. The van der Waals surface area contributed by atoms with Crippen LogP contribution >= 0.6 is 22.9 Å². The lowest BCUT2D eigenvalue weighted by molar-refractivity contribution is -0.135. The first-order chi connectivity index (χ1) is 14.7. The van der Waals surface area contributed by atoms with Crippen molar-refractivity contribution in [1.82, 2.24) is 15.0 Å². The zero-order valence-corrected chi connectivity index (χ0v) is 17.1. The van der Waals surface area contributed by atoms with Crippen LogP contribution in [0.2, 0.25) is 5.02 Å². The van der Waals surface area contributed by atoms with Crippen molar-refractivity contribution < 1.29 is 13.9 Å². The van der Waals surface area contributed by atoms with Crippen molar-refractivity contribution in [3.63, 3.8) is 0 Å². The number of hydrazone groups is 1. The molecule has 0 saturated carbocycles. The van der Waals surface area contributed by atoms with Crippen LogP contribution in [-0.4, -0.2) is 33.2 Å². The fourth-order valence-corrected chi connectivity index (χ4v) is 4.19. The second-order valence-corrected chi connectivity index (χ2v) is 7.97. The predicted molar refractivity (Wildman–Crippen MR) is 114 cm³/mol. The van der Waals surface area contributed by atoms with Gasteiger partial charge in [0.2, 0.25) is 5.88 Å². The standard InChI is InChI=1S/C21H15ClN4O3S/c22-14-5-3-13(4-6-14)16-10-17(18-2-1-8-28-18)26(25-16)19(27)11-29-20-15-7-9-30-21(15)24-12-23-20/h1-9,12,17H,10-11H2. The third-order valence-electron chi connectivity index (χ3n) is 4.77. The predicted octanol–water partition coefficient (Wildman–Crippen LogP) is 4.69. The van der Waals surface area contributed by atoms with Gasteiger partial charge in [-0.1, -0.05) is 23.7 Å². The molecule has 1 atom stereocenters. The Morgan fingerprint density at radius 2 is 2.10 bits per heavy atom. The van der Waals surface area contributed by atoms with Crippen LogP contribution in [0.1, 0.15) is 23.8 Å². The zero-order chi connectivity index (χ0) is 20.5. The molecule has 4 heterocycles. The molecule has 0 N–H and O–H groups in total. The Morgan fingerprint density at radius 1 is 1.23 bits per heavy atom. The SMILES string of the molecule is O=C(COc1ncnc2sccc12)N1N=C(c2ccc(Cl)cc2)CC1c1ccco1. The minimum Gasteiger partial charge on any atom is -0.467 e. The van der Waals surface area contributed by atoms with Gasteiger partial charge in [-0.2, -0.15) is 5.10 Å². The summed E-state index contributed by atoms with van der Waals surface area (Å²) in [5, 5.41) is 9.34. The van der Waals surface area contributed by atoms with Gasteiger partial charge in [0.05, 0.1) is 17.4 Å². The maximum atomic E-state index is 13.0. The summed E-state index contributed by atoms with van der Waals surface area (Å²) >= 11 is 7.48. The number of rotatable bonds is 5. The highest BCUT2D eigenvalue weighted by Gasteiger charge is 2.35. The Labute approximate surface area is 180 Å². The zero-order valence-electron chi connectivity index (χ0n) is 15.6. The minimum absolute atomic E-state index is 0.198. The second-order valence-electron chi connectivity index (χ2n) is 6.63. The summed E-state index contributed by atoms with van der Waals surface area (Å²) < 4.78 is 11.3. The highest BCUT2D eigenvalue weighted by atomic mass is 35.5. The van der Waals surface area contributed by atoms with E-state index in [0.717, 1.165) is 21.5 Å². The highest BCUT2D eigenvalue weighted by Crippen LogP contribution is 2.33. The van der Waals surface area contributed by atoms with E-state index in [1.165, 1.54) is 22.7 Å². The van der Waals surface area contributed by atoms with Gasteiger partial charge in [-0.05, 0) is 41.3 Å². The lowest BCUT2D eigenvalue weighted by atomic mass is 10.0. The maximum absolute atomic E-state index is 13.0. The monoisotopic (exact) mass is 438 g/mol. The molecule has 1 aliphatic rings. The first kappa shape index (κ1) is 18.8. The summed E-state index contributed by atoms with van der Waals surface area (Å²) in [4.78, 5) is 22.2. The number of fused-ring (bicyclic) bond motifs is 1. The molecule has 4 aromatic rings. The van der Waals surface area contributed by atoms with Gasteiger partial charge in [-0.3, -0.25) is 4.79 Å². The van der Waals surface area contributed by atoms with Crippen LogP contribution in [0.25, 0.3) is 10.2 Å². The number of thiophene rings is 1. The smallest absolute Gasteiger partial charge is 0.281 e. The Kier molecular flexibility index (Phi) is 4.94. The molecule has 1 aliphatic heterocycles. The van der Waals surface area contributed by atoms with E-state index in [4.69, 9.17) is 20.8 Å². The van der Waals surface area contributed by atoms with E-state index in [9.17, 15) is 4.79 Å². The van der Waals surface area contributed by atoms with Crippen LogP contribution in [0, 0.1) is 0 Å². The lowest BCUT2D eigenvalue weighted by Crippen LogP contribution is -2.31. The first-order valence-corrected chi connectivity index (χ1v) is 10.4. The second kappa shape index (κ2) is 7.89. The van der Waals surface area contributed by atoms with Crippen molar-refractivity contribution in [2.24, 2.45) is 5.10 Å². The van der Waals surface area contributed by atoms with Crippen molar-refractivity contribution >= 4 is 44.8 Å². The lowest BCUT2D eigenvalue weighted by Gasteiger charge is -2.19. The van der Waals surface area contributed by atoms with E-state index in [-0.39, 0.29) is 18.6 Å². The number of carbonyl (C=O) groups excluding carboxylic acids is 1. The molecule has 1 aromatic carbocycles. The quantitative estimate of drug-likeness (QED) is 0.451. The van der Waals surface area contributed by atoms with Crippen molar-refractivity contribution in [3.8, 4) is 5.88 Å². The van der Waals surface area contributed by atoms with Gasteiger partial charge in [0, 0.05) is 11.4 Å². The maximum Gasteiger partial charge on any atom is 0.281 e. The average molecular weight is 439 g/mol. The van der Waals surface area contributed by atoms with Crippen molar-refractivity contribution in [1.29, 1.82) is 0 Å². The number of benzene rings is 1.